The summed E-state index contributed by atoms with van der Waals surface area (Å²) >= 11 is 0.578. The Hall–Kier alpha value is -2.72. The van der Waals surface area contributed by atoms with Crippen LogP contribution in [0.1, 0.15) is 63.9 Å². The molecule has 0 aliphatic heterocycles. The van der Waals surface area contributed by atoms with E-state index in [4.69, 9.17) is 9.47 Å². The van der Waals surface area contributed by atoms with Crippen LogP contribution >= 0.6 is 11.3 Å². The van der Waals surface area contributed by atoms with Crippen LogP contribution in [-0.2, 0) is 37.1 Å². The van der Waals surface area contributed by atoms with Crippen molar-refractivity contribution in [3.05, 3.63) is 51.4 Å². The van der Waals surface area contributed by atoms with Crippen LogP contribution in [0.15, 0.2) is 28.5 Å². The zero-order chi connectivity index (χ0) is 23.9. The molecular weight excluding hydrogens is 454 g/mol. The molecule has 1 aromatic heterocycles. The molecule has 174 valence electrons. The van der Waals surface area contributed by atoms with E-state index >= 15 is 0 Å². The number of thiophene rings is 1. The monoisotopic (exact) mass is 481 g/mol. The Morgan fingerprint density at radius 2 is 1.50 bits per heavy atom. The van der Waals surface area contributed by atoms with E-state index in [0.717, 1.165) is 17.5 Å². The van der Waals surface area contributed by atoms with E-state index in [-0.39, 0.29) is 35.6 Å². The number of benzene rings is 1. The number of carbonyl (C=O) groups is 3. The molecule has 1 N–H and O–H groups in total. The summed E-state index contributed by atoms with van der Waals surface area (Å²) in [6, 6.07) is 7.71. The smallest absolute Gasteiger partial charge is 0.348 e. The number of ether oxygens (including phenoxy) is 2. The number of aryl methyl sites for hydroxylation is 2. The van der Waals surface area contributed by atoms with E-state index in [1.807, 2.05) is 35.9 Å². The molecule has 0 radical (unpaired) electrons. The minimum atomic E-state index is -4.41. The molecule has 2 aromatic rings. The molecule has 0 bridgehead atoms. The Labute approximate surface area is 192 Å². The van der Waals surface area contributed by atoms with Gasteiger partial charge in [0.1, 0.15) is 4.88 Å². The fraction of sp³-hybridized carbons (Fsp3) is 0.409. The number of rotatable bonds is 10. The van der Waals surface area contributed by atoms with Crippen molar-refractivity contribution >= 4 is 39.2 Å². The maximum atomic E-state index is 12.9. The molecule has 32 heavy (non-hydrogen) atoms. The molecule has 1 aromatic carbocycles. The van der Waals surface area contributed by atoms with Crippen LogP contribution in [0.5, 0.6) is 0 Å². The van der Waals surface area contributed by atoms with Gasteiger partial charge >= 0.3 is 11.9 Å². The zero-order valence-electron chi connectivity index (χ0n) is 18.5. The fourth-order valence-electron chi connectivity index (χ4n) is 2.95. The van der Waals surface area contributed by atoms with E-state index < -0.39 is 32.1 Å². The van der Waals surface area contributed by atoms with Gasteiger partial charge in [0.25, 0.3) is 10.0 Å². The first-order chi connectivity index (χ1) is 15.1. The third-order valence-corrected chi connectivity index (χ3v) is 7.78. The molecule has 0 atom stereocenters. The lowest BCUT2D eigenvalue weighted by molar-refractivity contribution is -0.119. The van der Waals surface area contributed by atoms with Crippen LogP contribution in [0.4, 0.5) is 0 Å². The summed E-state index contributed by atoms with van der Waals surface area (Å²) in [7, 11) is -4.41. The summed E-state index contributed by atoms with van der Waals surface area (Å²) in [4.78, 5) is 37.0. The first-order valence-electron chi connectivity index (χ1n) is 10.3. The molecule has 0 aliphatic carbocycles. The lowest BCUT2D eigenvalue weighted by Gasteiger charge is -2.08. The van der Waals surface area contributed by atoms with Crippen molar-refractivity contribution in [2.75, 3.05) is 13.2 Å². The van der Waals surface area contributed by atoms with Crippen molar-refractivity contribution in [1.82, 2.24) is 4.72 Å². The van der Waals surface area contributed by atoms with Gasteiger partial charge in [0.2, 0.25) is 5.91 Å². The van der Waals surface area contributed by atoms with Gasteiger partial charge in [-0.25, -0.2) is 22.7 Å². The highest BCUT2D eigenvalue weighted by Crippen LogP contribution is 2.33. The molecule has 0 saturated heterocycles. The normalized spacial score (nSPS) is 11.1. The lowest BCUT2D eigenvalue weighted by atomic mass is 10.1. The second kappa shape index (κ2) is 11.2. The predicted molar refractivity (Wildman–Crippen MR) is 120 cm³/mol. The molecular formula is C22H27NO7S2. The summed E-state index contributed by atoms with van der Waals surface area (Å²) in [5.74, 6) is -2.35. The van der Waals surface area contributed by atoms with Gasteiger partial charge in [-0.15, -0.1) is 11.3 Å². The Bertz CT molecular complexity index is 1090. The highest BCUT2D eigenvalue weighted by molar-refractivity contribution is 7.92. The molecule has 10 heteroatoms. The molecule has 8 nitrogen and oxygen atoms in total. The summed E-state index contributed by atoms with van der Waals surface area (Å²) in [6.45, 7) is 6.78. The van der Waals surface area contributed by atoms with E-state index in [1.54, 1.807) is 13.8 Å². The van der Waals surface area contributed by atoms with E-state index in [1.165, 1.54) is 6.92 Å². The second-order valence-electron chi connectivity index (χ2n) is 6.86. The highest BCUT2D eigenvalue weighted by Gasteiger charge is 2.33. The highest BCUT2D eigenvalue weighted by atomic mass is 32.2. The molecule has 2 rings (SSSR count). The molecule has 1 heterocycles. The van der Waals surface area contributed by atoms with Gasteiger partial charge in [-0.2, -0.15) is 0 Å². The van der Waals surface area contributed by atoms with Crippen molar-refractivity contribution in [3.8, 4) is 0 Å². The SMILES string of the molecule is CCOC(=O)c1sc(S(=O)(=O)NC(=O)CCc2ccc(CC)cc2)c(C(=O)OCC)c1C. The van der Waals surface area contributed by atoms with Crippen LogP contribution in [0.3, 0.4) is 0 Å². The largest absolute Gasteiger partial charge is 0.462 e. The van der Waals surface area contributed by atoms with Gasteiger partial charge in [-0.3, -0.25) is 4.79 Å². The standard InChI is InChI=1S/C22H27NO7S2/c1-5-15-8-10-16(11-9-15)12-13-17(24)23-32(27,28)22-18(20(25)29-6-2)14(4)19(31-22)21(26)30-7-3/h8-11H,5-7,12-13H2,1-4H3,(H,23,24). The third-order valence-electron chi connectivity index (χ3n) is 4.62. The number of nitrogens with one attached hydrogen (secondary N) is 1. The molecule has 1 amide bonds. The minimum Gasteiger partial charge on any atom is -0.462 e. The summed E-state index contributed by atoms with van der Waals surface area (Å²) in [5.41, 5.74) is 1.93. The zero-order valence-corrected chi connectivity index (χ0v) is 20.2. The van der Waals surface area contributed by atoms with Crippen LogP contribution < -0.4 is 4.72 Å². The Kier molecular flexibility index (Phi) is 8.97. The number of sulfonamides is 1. The van der Waals surface area contributed by atoms with Crippen LogP contribution in [0, 0.1) is 6.92 Å². The van der Waals surface area contributed by atoms with Crippen LogP contribution in [0.25, 0.3) is 0 Å². The second-order valence-corrected chi connectivity index (χ2v) is 9.76. The number of hydrogen-bond acceptors (Lipinski definition) is 8. The van der Waals surface area contributed by atoms with Crippen LogP contribution in [-0.4, -0.2) is 39.5 Å². The summed E-state index contributed by atoms with van der Waals surface area (Å²) < 4.78 is 37.3. The van der Waals surface area contributed by atoms with E-state index in [9.17, 15) is 22.8 Å². The van der Waals surface area contributed by atoms with Gasteiger partial charge in [0, 0.05) is 6.42 Å². The average molecular weight is 482 g/mol. The fourth-order valence-corrected chi connectivity index (χ4v) is 5.69. The maximum absolute atomic E-state index is 12.9. The molecule has 0 unspecified atom stereocenters. The van der Waals surface area contributed by atoms with Gasteiger partial charge in [0.05, 0.1) is 18.8 Å². The van der Waals surface area contributed by atoms with E-state index in [0.29, 0.717) is 17.8 Å². The van der Waals surface area contributed by atoms with Gasteiger partial charge in [-0.1, -0.05) is 31.2 Å². The van der Waals surface area contributed by atoms with Crippen molar-refractivity contribution in [3.63, 3.8) is 0 Å². The number of carbonyl (C=O) groups excluding carboxylic acids is 3. The topological polar surface area (TPSA) is 116 Å². The molecule has 0 spiro atoms. The molecule has 0 saturated carbocycles. The maximum Gasteiger partial charge on any atom is 0.348 e. The first-order valence-corrected chi connectivity index (χ1v) is 12.6. The number of esters is 2. The van der Waals surface area contributed by atoms with E-state index in [2.05, 4.69) is 0 Å². The van der Waals surface area contributed by atoms with Crippen molar-refractivity contribution in [2.45, 2.75) is 51.2 Å². The predicted octanol–water partition coefficient (Wildman–Crippen LogP) is 3.41. The lowest BCUT2D eigenvalue weighted by Crippen LogP contribution is -2.31. The van der Waals surface area contributed by atoms with Gasteiger partial charge in [-0.05, 0) is 50.3 Å². The molecule has 0 fully saturated rings. The summed E-state index contributed by atoms with van der Waals surface area (Å²) in [6.07, 6.45) is 1.19. The summed E-state index contributed by atoms with van der Waals surface area (Å²) in [5, 5.41) is 0. The van der Waals surface area contributed by atoms with Crippen LogP contribution in [0.2, 0.25) is 0 Å². The first kappa shape index (κ1) is 25.5. The van der Waals surface area contributed by atoms with Crippen molar-refractivity contribution in [1.29, 1.82) is 0 Å². The minimum absolute atomic E-state index is 0.0194. The number of amides is 1. The Morgan fingerprint density at radius 3 is 2.06 bits per heavy atom. The Morgan fingerprint density at radius 1 is 0.938 bits per heavy atom. The third kappa shape index (κ3) is 6.17. The Balaban J connectivity index is 2.26. The number of hydrogen-bond donors (Lipinski definition) is 1. The average Bonchev–Trinajstić information content (AvgIpc) is 3.11. The molecule has 0 aliphatic rings. The van der Waals surface area contributed by atoms with Gasteiger partial charge in [0.15, 0.2) is 4.21 Å². The van der Waals surface area contributed by atoms with Gasteiger partial charge < -0.3 is 9.47 Å². The quantitative estimate of drug-likeness (QED) is 0.517. The van der Waals surface area contributed by atoms with Crippen molar-refractivity contribution < 1.29 is 32.3 Å². The van der Waals surface area contributed by atoms with Crippen molar-refractivity contribution in [2.24, 2.45) is 0 Å².